The van der Waals surface area contributed by atoms with Crippen LogP contribution in [0.1, 0.15) is 18.6 Å². The maximum atomic E-state index is 10.5. The Morgan fingerprint density at radius 2 is 1.70 bits per heavy atom. The van der Waals surface area contributed by atoms with E-state index in [-0.39, 0.29) is 6.04 Å². The summed E-state index contributed by atoms with van der Waals surface area (Å²) in [6.45, 7) is 2.02. The fourth-order valence-corrected chi connectivity index (χ4v) is 4.28. The first-order chi connectivity index (χ1) is 13.2. The standard InChI is InChI=1S/C23H26NO2P/c1-17(23(25)18-9-4-3-5-10-18)24-16-27-22-14-7-6-13-21(22)19-11-8-12-20(15-19)26-2/h3-15,17,23-25,27H,16H2,1-2H3/t17-,23?/m0/s1. The Kier molecular flexibility index (Phi) is 7.00. The monoisotopic (exact) mass is 379 g/mol. The fraction of sp³-hybridized carbons (Fsp3) is 0.217. The summed E-state index contributed by atoms with van der Waals surface area (Å²) in [5.74, 6) is 0.864. The first kappa shape index (κ1) is 19.6. The summed E-state index contributed by atoms with van der Waals surface area (Å²) in [6.07, 6.45) is 0.316. The minimum absolute atomic E-state index is 0.0103. The highest BCUT2D eigenvalue weighted by atomic mass is 31.1. The van der Waals surface area contributed by atoms with Gasteiger partial charge in [0.15, 0.2) is 0 Å². The molecule has 0 aromatic heterocycles. The van der Waals surface area contributed by atoms with E-state index >= 15 is 0 Å². The van der Waals surface area contributed by atoms with Gasteiger partial charge in [-0.05, 0) is 41.1 Å². The zero-order valence-electron chi connectivity index (χ0n) is 15.7. The molecule has 4 heteroatoms. The van der Waals surface area contributed by atoms with Crippen molar-refractivity contribution in [1.29, 1.82) is 0 Å². The molecule has 3 nitrogen and oxygen atoms in total. The highest BCUT2D eigenvalue weighted by Crippen LogP contribution is 2.26. The van der Waals surface area contributed by atoms with Crippen molar-refractivity contribution in [3.05, 3.63) is 84.4 Å². The van der Waals surface area contributed by atoms with Crippen LogP contribution in [0.2, 0.25) is 0 Å². The molecular weight excluding hydrogens is 353 g/mol. The molecule has 140 valence electrons. The Bertz CT molecular complexity index is 854. The van der Waals surface area contributed by atoms with Crippen molar-refractivity contribution in [2.75, 3.05) is 13.4 Å². The van der Waals surface area contributed by atoms with Gasteiger partial charge in [-0.25, -0.2) is 0 Å². The van der Waals surface area contributed by atoms with Crippen LogP contribution in [-0.2, 0) is 0 Å². The van der Waals surface area contributed by atoms with E-state index in [1.807, 2.05) is 49.4 Å². The van der Waals surface area contributed by atoms with Crippen molar-refractivity contribution in [1.82, 2.24) is 5.32 Å². The summed E-state index contributed by atoms with van der Waals surface area (Å²) in [5.41, 5.74) is 3.33. The summed E-state index contributed by atoms with van der Waals surface area (Å²) >= 11 is 0. The largest absolute Gasteiger partial charge is 0.497 e. The third kappa shape index (κ3) is 5.17. The normalized spacial score (nSPS) is 13.6. The smallest absolute Gasteiger partial charge is 0.119 e. The molecule has 2 unspecified atom stereocenters. The van der Waals surface area contributed by atoms with Gasteiger partial charge in [-0.2, -0.15) is 0 Å². The Hall–Kier alpha value is -2.19. The van der Waals surface area contributed by atoms with Gasteiger partial charge in [0.25, 0.3) is 0 Å². The summed E-state index contributed by atoms with van der Waals surface area (Å²) in [4.78, 5) is 0. The molecule has 0 bridgehead atoms. The van der Waals surface area contributed by atoms with Gasteiger partial charge in [-0.1, -0.05) is 75.3 Å². The quantitative estimate of drug-likeness (QED) is 0.572. The molecule has 0 aliphatic carbocycles. The molecule has 0 radical (unpaired) electrons. The number of methoxy groups -OCH3 is 1. The highest BCUT2D eigenvalue weighted by Gasteiger charge is 2.15. The van der Waals surface area contributed by atoms with Gasteiger partial charge >= 0.3 is 0 Å². The maximum absolute atomic E-state index is 10.5. The maximum Gasteiger partial charge on any atom is 0.119 e. The molecule has 0 saturated heterocycles. The topological polar surface area (TPSA) is 41.5 Å². The Morgan fingerprint density at radius 1 is 0.963 bits per heavy atom. The van der Waals surface area contributed by atoms with E-state index in [1.165, 1.54) is 10.9 Å². The molecule has 3 aromatic carbocycles. The van der Waals surface area contributed by atoms with Gasteiger partial charge in [0.2, 0.25) is 0 Å². The van der Waals surface area contributed by atoms with Gasteiger partial charge in [0.05, 0.1) is 13.2 Å². The predicted octanol–water partition coefficient (Wildman–Crippen LogP) is 4.34. The van der Waals surface area contributed by atoms with Gasteiger partial charge < -0.3 is 15.2 Å². The number of aliphatic hydroxyl groups is 1. The third-order valence-corrected chi connectivity index (χ3v) is 5.82. The van der Waals surface area contributed by atoms with Crippen LogP contribution in [0.4, 0.5) is 0 Å². The van der Waals surface area contributed by atoms with E-state index in [4.69, 9.17) is 4.74 Å². The van der Waals surface area contributed by atoms with Crippen molar-refractivity contribution in [3.8, 4) is 16.9 Å². The Labute approximate surface area is 163 Å². The molecule has 27 heavy (non-hydrogen) atoms. The second-order valence-corrected chi connectivity index (χ2v) is 7.73. The third-order valence-electron chi connectivity index (χ3n) is 4.63. The average molecular weight is 379 g/mol. The number of aliphatic hydroxyl groups excluding tert-OH is 1. The SMILES string of the molecule is COc1cccc(-c2ccccc2PCN[C@@H](C)C(O)c2ccccc2)c1. The van der Waals surface area contributed by atoms with Gasteiger partial charge in [0.1, 0.15) is 5.75 Å². The molecule has 3 aromatic rings. The highest BCUT2D eigenvalue weighted by molar-refractivity contribution is 7.47. The summed E-state index contributed by atoms with van der Waals surface area (Å²) in [7, 11) is 2.30. The van der Waals surface area contributed by atoms with Crippen molar-refractivity contribution >= 4 is 13.9 Å². The number of ether oxygens (including phenoxy) is 1. The number of nitrogens with one attached hydrogen (secondary N) is 1. The molecule has 0 aliphatic heterocycles. The minimum atomic E-state index is -0.510. The number of hydrogen-bond acceptors (Lipinski definition) is 3. The van der Waals surface area contributed by atoms with Crippen molar-refractivity contribution in [2.24, 2.45) is 0 Å². The van der Waals surface area contributed by atoms with Crippen LogP contribution in [0.5, 0.6) is 5.75 Å². The molecule has 0 fully saturated rings. The van der Waals surface area contributed by atoms with Crippen LogP contribution < -0.4 is 15.4 Å². The van der Waals surface area contributed by atoms with E-state index in [9.17, 15) is 5.11 Å². The molecule has 0 heterocycles. The van der Waals surface area contributed by atoms with Crippen molar-refractivity contribution < 1.29 is 9.84 Å². The molecule has 0 saturated carbocycles. The first-order valence-electron chi connectivity index (χ1n) is 9.13. The van der Waals surface area contributed by atoms with E-state index in [0.717, 1.165) is 23.2 Å². The minimum Gasteiger partial charge on any atom is -0.497 e. The van der Waals surface area contributed by atoms with E-state index in [1.54, 1.807) is 7.11 Å². The van der Waals surface area contributed by atoms with Crippen LogP contribution in [-0.4, -0.2) is 24.5 Å². The molecule has 0 amide bonds. The van der Waals surface area contributed by atoms with Crippen LogP contribution >= 0.6 is 8.58 Å². The van der Waals surface area contributed by atoms with Crippen LogP contribution in [0.3, 0.4) is 0 Å². The summed E-state index contributed by atoms with van der Waals surface area (Å²) in [6, 6.07) is 26.4. The first-order valence-corrected chi connectivity index (χ1v) is 10.3. The summed E-state index contributed by atoms with van der Waals surface area (Å²) < 4.78 is 5.36. The Morgan fingerprint density at radius 3 is 2.48 bits per heavy atom. The zero-order chi connectivity index (χ0) is 19.1. The number of rotatable bonds is 8. The van der Waals surface area contributed by atoms with Crippen molar-refractivity contribution in [2.45, 2.75) is 19.1 Å². The molecule has 0 spiro atoms. The average Bonchev–Trinajstić information content (AvgIpc) is 2.74. The van der Waals surface area contributed by atoms with E-state index in [2.05, 4.69) is 41.7 Å². The van der Waals surface area contributed by atoms with Crippen LogP contribution in [0.15, 0.2) is 78.9 Å². The fourth-order valence-electron chi connectivity index (χ4n) is 3.04. The lowest BCUT2D eigenvalue weighted by molar-refractivity contribution is 0.139. The second kappa shape index (κ2) is 9.66. The molecule has 3 rings (SSSR count). The van der Waals surface area contributed by atoms with E-state index in [0.29, 0.717) is 8.58 Å². The molecular formula is C23H26NO2P. The number of benzene rings is 3. The van der Waals surface area contributed by atoms with E-state index < -0.39 is 6.10 Å². The van der Waals surface area contributed by atoms with Crippen LogP contribution in [0.25, 0.3) is 11.1 Å². The molecule has 2 N–H and O–H groups in total. The second-order valence-electron chi connectivity index (χ2n) is 6.48. The lowest BCUT2D eigenvalue weighted by Crippen LogP contribution is -2.32. The predicted molar refractivity (Wildman–Crippen MR) is 115 cm³/mol. The zero-order valence-corrected chi connectivity index (χ0v) is 16.7. The number of hydrogen-bond donors (Lipinski definition) is 2. The van der Waals surface area contributed by atoms with Crippen LogP contribution in [0, 0.1) is 0 Å². The lowest BCUT2D eigenvalue weighted by Gasteiger charge is -2.21. The lowest BCUT2D eigenvalue weighted by atomic mass is 10.0. The molecule has 3 atom stereocenters. The van der Waals surface area contributed by atoms with Crippen molar-refractivity contribution in [3.63, 3.8) is 0 Å². The molecule has 0 aliphatic rings. The van der Waals surface area contributed by atoms with Gasteiger partial charge in [0, 0.05) is 12.3 Å². The Balaban J connectivity index is 1.65. The summed E-state index contributed by atoms with van der Waals surface area (Å²) in [5, 5.41) is 15.3. The van der Waals surface area contributed by atoms with Gasteiger partial charge in [-0.15, -0.1) is 0 Å². The van der Waals surface area contributed by atoms with Gasteiger partial charge in [-0.3, -0.25) is 0 Å².